The third-order valence-electron chi connectivity index (χ3n) is 4.10. The largest absolute Gasteiger partial charge is 0.314 e. The molecule has 1 N–H and O–H groups in total. The molecule has 0 bridgehead atoms. The molecule has 20 heavy (non-hydrogen) atoms. The van der Waals surface area contributed by atoms with Crippen molar-refractivity contribution >= 4 is 23.2 Å². The first kappa shape index (κ1) is 16.0. The van der Waals surface area contributed by atoms with Crippen LogP contribution in [0.15, 0.2) is 12.1 Å². The maximum atomic E-state index is 14.3. The molecule has 0 radical (unpaired) electrons. The van der Waals surface area contributed by atoms with Gasteiger partial charge in [-0.15, -0.1) is 0 Å². The lowest BCUT2D eigenvalue weighted by Gasteiger charge is -2.39. The summed E-state index contributed by atoms with van der Waals surface area (Å²) >= 11 is 12.4. The first-order valence-corrected chi connectivity index (χ1v) is 7.90. The topological polar surface area (TPSA) is 15.3 Å². The Morgan fingerprint density at radius 2 is 1.95 bits per heavy atom. The Kier molecular flexibility index (Phi) is 5.67. The van der Waals surface area contributed by atoms with E-state index < -0.39 is 0 Å². The van der Waals surface area contributed by atoms with E-state index in [0.717, 1.165) is 32.6 Å². The van der Waals surface area contributed by atoms with Gasteiger partial charge in [-0.3, -0.25) is 4.90 Å². The van der Waals surface area contributed by atoms with Crippen LogP contribution in [-0.4, -0.2) is 31.1 Å². The Morgan fingerprint density at radius 1 is 1.30 bits per heavy atom. The molecule has 2 rings (SSSR count). The first-order chi connectivity index (χ1) is 9.56. The summed E-state index contributed by atoms with van der Waals surface area (Å²) in [5.41, 5.74) is 0.551. The minimum absolute atomic E-state index is 0.0201. The monoisotopic (exact) mass is 318 g/mol. The van der Waals surface area contributed by atoms with Gasteiger partial charge in [-0.1, -0.05) is 43.5 Å². The van der Waals surface area contributed by atoms with E-state index in [1.54, 1.807) is 0 Å². The van der Waals surface area contributed by atoms with E-state index in [-0.39, 0.29) is 11.9 Å². The van der Waals surface area contributed by atoms with Crippen LogP contribution in [0.3, 0.4) is 0 Å². The van der Waals surface area contributed by atoms with Gasteiger partial charge in [-0.05, 0) is 18.1 Å². The fraction of sp³-hybridized carbons (Fsp3) is 0.600. The van der Waals surface area contributed by atoms with Gasteiger partial charge >= 0.3 is 0 Å². The lowest BCUT2D eigenvalue weighted by atomic mass is 9.90. The third-order valence-corrected chi connectivity index (χ3v) is 4.92. The van der Waals surface area contributed by atoms with Crippen LogP contribution in [0.4, 0.5) is 4.39 Å². The van der Waals surface area contributed by atoms with Gasteiger partial charge in [0.25, 0.3) is 0 Å². The molecule has 1 saturated heterocycles. The molecule has 1 aliphatic rings. The van der Waals surface area contributed by atoms with Crippen molar-refractivity contribution in [2.24, 2.45) is 5.92 Å². The molecule has 1 unspecified atom stereocenters. The number of hydrogen-bond acceptors (Lipinski definition) is 2. The van der Waals surface area contributed by atoms with Crippen molar-refractivity contribution in [3.63, 3.8) is 0 Å². The van der Waals surface area contributed by atoms with E-state index in [0.29, 0.717) is 21.5 Å². The summed E-state index contributed by atoms with van der Waals surface area (Å²) in [6.45, 7) is 7.91. The van der Waals surface area contributed by atoms with Crippen molar-refractivity contribution in [3.8, 4) is 0 Å². The van der Waals surface area contributed by atoms with Gasteiger partial charge in [-0.25, -0.2) is 4.39 Å². The summed E-state index contributed by atoms with van der Waals surface area (Å²) in [5.74, 6) is 0.0572. The summed E-state index contributed by atoms with van der Waals surface area (Å²) in [7, 11) is 0. The Morgan fingerprint density at radius 3 is 2.55 bits per heavy atom. The molecule has 0 aliphatic carbocycles. The standard InChI is InChI=1S/C15H21Cl2FN2/c1-3-10(2)15(20-8-6-19-7-9-20)13-12(18)5-4-11(16)14(13)17/h4-5,10,15,19H,3,6-9H2,1-2H3/t10?,15-/m1/s1. The number of nitrogens with one attached hydrogen (secondary N) is 1. The summed E-state index contributed by atoms with van der Waals surface area (Å²) < 4.78 is 14.3. The Labute approximate surface area is 130 Å². The molecule has 0 amide bonds. The number of nitrogens with zero attached hydrogens (tertiary/aromatic N) is 1. The highest BCUT2D eigenvalue weighted by Crippen LogP contribution is 2.39. The van der Waals surface area contributed by atoms with Crippen LogP contribution in [0.2, 0.25) is 10.0 Å². The summed E-state index contributed by atoms with van der Waals surface area (Å²) in [5, 5.41) is 4.10. The van der Waals surface area contributed by atoms with Crippen molar-refractivity contribution in [3.05, 3.63) is 33.6 Å². The van der Waals surface area contributed by atoms with Crippen molar-refractivity contribution in [1.82, 2.24) is 10.2 Å². The van der Waals surface area contributed by atoms with E-state index in [9.17, 15) is 4.39 Å². The molecular weight excluding hydrogens is 298 g/mol. The normalized spacial score (nSPS) is 19.9. The Hall–Kier alpha value is -0.350. The highest BCUT2D eigenvalue weighted by atomic mass is 35.5. The van der Waals surface area contributed by atoms with Crippen molar-refractivity contribution in [1.29, 1.82) is 0 Å². The first-order valence-electron chi connectivity index (χ1n) is 7.14. The Bertz CT molecular complexity index is 461. The maximum absolute atomic E-state index is 14.3. The Balaban J connectivity index is 2.43. The predicted molar refractivity (Wildman–Crippen MR) is 83.1 cm³/mol. The fourth-order valence-electron chi connectivity index (χ4n) is 2.82. The second-order valence-corrected chi connectivity index (χ2v) is 6.16. The average Bonchev–Trinajstić information content (AvgIpc) is 2.48. The molecule has 1 aromatic rings. The van der Waals surface area contributed by atoms with Crippen LogP contribution in [0.5, 0.6) is 0 Å². The highest BCUT2D eigenvalue weighted by Gasteiger charge is 2.31. The summed E-state index contributed by atoms with van der Waals surface area (Å²) in [6.07, 6.45) is 0.969. The zero-order valence-electron chi connectivity index (χ0n) is 11.9. The molecule has 0 aromatic heterocycles. The minimum atomic E-state index is -0.261. The van der Waals surface area contributed by atoms with Gasteiger partial charge in [0.05, 0.1) is 10.0 Å². The van der Waals surface area contributed by atoms with E-state index in [4.69, 9.17) is 23.2 Å². The van der Waals surface area contributed by atoms with Gasteiger partial charge in [0.1, 0.15) is 5.82 Å². The number of benzene rings is 1. The second kappa shape index (κ2) is 7.08. The van der Waals surface area contributed by atoms with Crippen LogP contribution in [0.1, 0.15) is 31.9 Å². The molecule has 5 heteroatoms. The van der Waals surface area contributed by atoms with Gasteiger partial charge < -0.3 is 5.32 Å². The fourth-order valence-corrected chi connectivity index (χ4v) is 3.25. The van der Waals surface area contributed by atoms with Gasteiger partial charge in [0, 0.05) is 37.8 Å². The van der Waals surface area contributed by atoms with E-state index in [1.807, 2.05) is 0 Å². The number of hydrogen-bond donors (Lipinski definition) is 1. The van der Waals surface area contributed by atoms with Crippen LogP contribution in [-0.2, 0) is 0 Å². The number of rotatable bonds is 4. The van der Waals surface area contributed by atoms with Gasteiger partial charge in [0.15, 0.2) is 0 Å². The maximum Gasteiger partial charge on any atom is 0.129 e. The highest BCUT2D eigenvalue weighted by molar-refractivity contribution is 6.42. The zero-order valence-corrected chi connectivity index (χ0v) is 13.4. The van der Waals surface area contributed by atoms with Crippen molar-refractivity contribution in [2.75, 3.05) is 26.2 Å². The summed E-state index contributed by atoms with van der Waals surface area (Å²) in [6, 6.07) is 2.92. The molecule has 1 aromatic carbocycles. The molecule has 1 fully saturated rings. The van der Waals surface area contributed by atoms with E-state index >= 15 is 0 Å². The molecule has 2 atom stereocenters. The third kappa shape index (κ3) is 3.28. The van der Waals surface area contributed by atoms with Gasteiger partial charge in [0.2, 0.25) is 0 Å². The van der Waals surface area contributed by atoms with E-state index in [1.165, 1.54) is 12.1 Å². The van der Waals surface area contributed by atoms with Crippen molar-refractivity contribution < 1.29 is 4.39 Å². The zero-order chi connectivity index (χ0) is 14.7. The molecule has 2 nitrogen and oxygen atoms in total. The SMILES string of the molecule is CCC(C)[C@H](c1c(F)ccc(Cl)c1Cl)N1CCNCC1. The molecule has 0 spiro atoms. The van der Waals surface area contributed by atoms with E-state index in [2.05, 4.69) is 24.1 Å². The van der Waals surface area contributed by atoms with Crippen molar-refractivity contribution in [2.45, 2.75) is 26.3 Å². The second-order valence-electron chi connectivity index (χ2n) is 5.37. The lowest BCUT2D eigenvalue weighted by Crippen LogP contribution is -2.46. The average molecular weight is 319 g/mol. The molecule has 112 valence electrons. The molecular formula is C15H21Cl2FN2. The van der Waals surface area contributed by atoms with Crippen LogP contribution in [0, 0.1) is 11.7 Å². The smallest absolute Gasteiger partial charge is 0.129 e. The predicted octanol–water partition coefficient (Wildman–Crippen LogP) is 4.12. The van der Waals surface area contributed by atoms with Gasteiger partial charge in [-0.2, -0.15) is 0 Å². The quantitative estimate of drug-likeness (QED) is 0.840. The number of halogens is 3. The van der Waals surface area contributed by atoms with Crippen LogP contribution in [0.25, 0.3) is 0 Å². The number of piperazine rings is 1. The molecule has 1 aliphatic heterocycles. The lowest BCUT2D eigenvalue weighted by molar-refractivity contribution is 0.125. The van der Waals surface area contributed by atoms with Crippen LogP contribution >= 0.6 is 23.2 Å². The minimum Gasteiger partial charge on any atom is -0.314 e. The summed E-state index contributed by atoms with van der Waals surface area (Å²) in [4.78, 5) is 2.31. The molecule has 1 heterocycles. The molecule has 0 saturated carbocycles. The van der Waals surface area contributed by atoms with Crippen LogP contribution < -0.4 is 5.32 Å².